The van der Waals surface area contributed by atoms with Crippen LogP contribution in [0.3, 0.4) is 0 Å². The molecule has 88 valence electrons. The van der Waals surface area contributed by atoms with E-state index in [2.05, 4.69) is 60.7 Å². The Morgan fingerprint density at radius 3 is 2.59 bits per heavy atom. The molecule has 0 aromatic carbocycles. The molecule has 0 radical (unpaired) electrons. The zero-order chi connectivity index (χ0) is 12.0. The summed E-state index contributed by atoms with van der Waals surface area (Å²) in [7, 11) is 4.24. The first-order valence-electron chi connectivity index (χ1n) is 6.19. The Balaban J connectivity index is 2.31. The Morgan fingerprint density at radius 1 is 1.06 bits per heavy atom. The predicted octanol–water partition coefficient (Wildman–Crippen LogP) is 3.15. The summed E-state index contributed by atoms with van der Waals surface area (Å²) in [5, 5.41) is 0. The van der Waals surface area contributed by atoms with E-state index in [4.69, 9.17) is 0 Å². The van der Waals surface area contributed by atoms with Gasteiger partial charge >= 0.3 is 0 Å². The molecular formula is C15H18N2. The molecular weight excluding hydrogens is 208 g/mol. The van der Waals surface area contributed by atoms with E-state index in [0.717, 1.165) is 13.0 Å². The molecule has 2 nitrogen and oxygen atoms in total. The maximum absolute atomic E-state index is 2.39. The van der Waals surface area contributed by atoms with Gasteiger partial charge in [0.15, 0.2) is 0 Å². The molecule has 0 aliphatic rings. The highest BCUT2D eigenvalue weighted by molar-refractivity contribution is 5.80. The van der Waals surface area contributed by atoms with Crippen LogP contribution in [0.4, 0.5) is 0 Å². The molecule has 0 atom stereocenters. The Morgan fingerprint density at radius 2 is 1.88 bits per heavy atom. The third kappa shape index (κ3) is 1.52. The van der Waals surface area contributed by atoms with E-state index in [1.54, 1.807) is 0 Å². The highest BCUT2D eigenvalue weighted by Gasteiger charge is 2.13. The van der Waals surface area contributed by atoms with Crippen molar-refractivity contribution in [3.8, 4) is 0 Å². The average Bonchev–Trinajstić information content (AvgIpc) is 2.82. The first kappa shape index (κ1) is 10.6. The van der Waals surface area contributed by atoms with E-state index in [-0.39, 0.29) is 0 Å². The molecule has 0 amide bonds. The zero-order valence-electron chi connectivity index (χ0n) is 10.7. The Bertz CT molecular complexity index is 649. The van der Waals surface area contributed by atoms with Crippen molar-refractivity contribution in [2.75, 3.05) is 14.1 Å². The number of aromatic nitrogens is 1. The molecule has 3 rings (SSSR count). The summed E-state index contributed by atoms with van der Waals surface area (Å²) in [5.41, 5.74) is 6.93. The van der Waals surface area contributed by atoms with Gasteiger partial charge < -0.3 is 9.30 Å². The molecule has 3 aromatic rings. The molecule has 0 saturated heterocycles. The summed E-state index contributed by atoms with van der Waals surface area (Å²) in [6.45, 7) is 3.23. The quantitative estimate of drug-likeness (QED) is 0.665. The lowest BCUT2D eigenvalue weighted by atomic mass is 10.1. The second-order valence-electron chi connectivity index (χ2n) is 4.99. The second-order valence-corrected chi connectivity index (χ2v) is 4.99. The predicted molar refractivity (Wildman–Crippen MR) is 72.9 cm³/mol. The van der Waals surface area contributed by atoms with Gasteiger partial charge in [-0.05, 0) is 55.9 Å². The second kappa shape index (κ2) is 3.74. The number of nitrogens with zero attached hydrogens (tertiary/aromatic N) is 2. The van der Waals surface area contributed by atoms with Crippen LogP contribution in [-0.4, -0.2) is 23.4 Å². The summed E-state index contributed by atoms with van der Waals surface area (Å²) < 4.78 is 2.39. The lowest BCUT2D eigenvalue weighted by Gasteiger charge is -2.07. The molecule has 0 unspecified atom stereocenters. The lowest BCUT2D eigenvalue weighted by molar-refractivity contribution is 0.404. The van der Waals surface area contributed by atoms with Gasteiger partial charge in [0, 0.05) is 17.6 Å². The topological polar surface area (TPSA) is 7.65 Å². The first-order chi connectivity index (χ1) is 8.20. The van der Waals surface area contributed by atoms with Crippen molar-refractivity contribution in [1.29, 1.82) is 0 Å². The standard InChI is InChI=1S/C15H18N2/c1-4-11-9-15-12(10-16(2)3)8-13-6-5-7-14(11)17(13)15/h5-9H,4,10H2,1-3H3. The average molecular weight is 226 g/mol. The largest absolute Gasteiger partial charge is 0.310 e. The van der Waals surface area contributed by atoms with E-state index < -0.39 is 0 Å². The maximum atomic E-state index is 2.39. The molecule has 0 fully saturated rings. The minimum Gasteiger partial charge on any atom is -0.310 e. The summed E-state index contributed by atoms with van der Waals surface area (Å²) in [5.74, 6) is 0. The monoisotopic (exact) mass is 226 g/mol. The number of hydrogen-bond acceptors (Lipinski definition) is 1. The van der Waals surface area contributed by atoms with Crippen LogP contribution in [-0.2, 0) is 13.0 Å². The van der Waals surface area contributed by atoms with Gasteiger partial charge in [0.05, 0.1) is 5.52 Å². The van der Waals surface area contributed by atoms with Gasteiger partial charge in [-0.3, -0.25) is 0 Å². The third-order valence-corrected chi connectivity index (χ3v) is 3.42. The van der Waals surface area contributed by atoms with Gasteiger partial charge in [0.25, 0.3) is 0 Å². The summed E-state index contributed by atoms with van der Waals surface area (Å²) in [4.78, 5) is 2.22. The highest BCUT2D eigenvalue weighted by atomic mass is 15.1. The lowest BCUT2D eigenvalue weighted by Crippen LogP contribution is -2.10. The molecule has 2 heteroatoms. The Labute approximate surface area is 102 Å². The fourth-order valence-electron chi connectivity index (χ4n) is 2.70. The SMILES string of the molecule is CCc1cc2c(CN(C)C)cc3cccc1n32. The number of aryl methyl sites for hydroxylation is 1. The minimum absolute atomic E-state index is 1.00. The van der Waals surface area contributed by atoms with Crippen molar-refractivity contribution in [2.45, 2.75) is 19.9 Å². The van der Waals surface area contributed by atoms with Crippen LogP contribution in [0.25, 0.3) is 16.6 Å². The van der Waals surface area contributed by atoms with Crippen LogP contribution in [0.15, 0.2) is 30.3 Å². The Hall–Kier alpha value is -1.54. The molecule has 17 heavy (non-hydrogen) atoms. The molecule has 3 aromatic heterocycles. The van der Waals surface area contributed by atoms with Gasteiger partial charge in [0.1, 0.15) is 0 Å². The summed E-state index contributed by atoms with van der Waals surface area (Å²) in [6, 6.07) is 11.2. The Kier molecular flexibility index (Phi) is 2.33. The molecule has 0 N–H and O–H groups in total. The van der Waals surface area contributed by atoms with Crippen molar-refractivity contribution in [3.05, 3.63) is 41.5 Å². The van der Waals surface area contributed by atoms with Crippen molar-refractivity contribution in [2.24, 2.45) is 0 Å². The van der Waals surface area contributed by atoms with Gasteiger partial charge in [-0.2, -0.15) is 0 Å². The van der Waals surface area contributed by atoms with Crippen LogP contribution in [0, 0.1) is 0 Å². The van der Waals surface area contributed by atoms with Crippen molar-refractivity contribution in [3.63, 3.8) is 0 Å². The fourth-order valence-corrected chi connectivity index (χ4v) is 2.70. The van der Waals surface area contributed by atoms with E-state index in [9.17, 15) is 0 Å². The fraction of sp³-hybridized carbons (Fsp3) is 0.333. The number of rotatable bonds is 3. The van der Waals surface area contributed by atoms with Gasteiger partial charge in [-0.25, -0.2) is 0 Å². The first-order valence-corrected chi connectivity index (χ1v) is 6.19. The molecule has 0 spiro atoms. The molecule has 0 saturated carbocycles. The van der Waals surface area contributed by atoms with E-state index in [0.29, 0.717) is 0 Å². The van der Waals surface area contributed by atoms with Crippen LogP contribution >= 0.6 is 0 Å². The van der Waals surface area contributed by atoms with Gasteiger partial charge in [0.2, 0.25) is 0 Å². The summed E-state index contributed by atoms with van der Waals surface area (Å²) >= 11 is 0. The molecule has 0 aliphatic heterocycles. The molecule has 0 bridgehead atoms. The zero-order valence-corrected chi connectivity index (χ0v) is 10.7. The minimum atomic E-state index is 1.00. The maximum Gasteiger partial charge on any atom is 0.0511 e. The van der Waals surface area contributed by atoms with Crippen LogP contribution < -0.4 is 0 Å². The van der Waals surface area contributed by atoms with E-state index in [1.807, 2.05) is 0 Å². The van der Waals surface area contributed by atoms with E-state index >= 15 is 0 Å². The van der Waals surface area contributed by atoms with E-state index in [1.165, 1.54) is 27.7 Å². The van der Waals surface area contributed by atoms with Gasteiger partial charge in [-0.15, -0.1) is 0 Å². The van der Waals surface area contributed by atoms with Crippen LogP contribution in [0.2, 0.25) is 0 Å². The van der Waals surface area contributed by atoms with Crippen LogP contribution in [0.1, 0.15) is 18.1 Å². The highest BCUT2D eigenvalue weighted by Crippen LogP contribution is 2.28. The van der Waals surface area contributed by atoms with Crippen molar-refractivity contribution < 1.29 is 0 Å². The molecule has 0 aliphatic carbocycles. The van der Waals surface area contributed by atoms with Crippen molar-refractivity contribution >= 4 is 16.6 Å². The number of pyridine rings is 1. The normalized spacial score (nSPS) is 12.2. The third-order valence-electron chi connectivity index (χ3n) is 3.42. The van der Waals surface area contributed by atoms with Crippen molar-refractivity contribution in [1.82, 2.24) is 9.30 Å². The molecule has 3 heterocycles. The summed E-state index contributed by atoms with van der Waals surface area (Å²) in [6.07, 6.45) is 1.10. The number of hydrogen-bond donors (Lipinski definition) is 0. The van der Waals surface area contributed by atoms with Gasteiger partial charge in [-0.1, -0.05) is 13.0 Å². The van der Waals surface area contributed by atoms with Crippen LogP contribution in [0.5, 0.6) is 0 Å². The smallest absolute Gasteiger partial charge is 0.0511 e.